The molecule has 0 heterocycles. The van der Waals surface area contributed by atoms with Gasteiger partial charge in [0.2, 0.25) is 0 Å². The fourth-order valence-corrected chi connectivity index (χ4v) is 3.15. The third-order valence-corrected chi connectivity index (χ3v) is 4.60. The maximum atomic E-state index is 13.4. The number of allylic oxidation sites excluding steroid dienone is 1. The summed E-state index contributed by atoms with van der Waals surface area (Å²) in [5.74, 6) is 0.232. The lowest BCUT2D eigenvalue weighted by Gasteiger charge is -2.14. The minimum absolute atomic E-state index is 0.0835. The van der Waals surface area contributed by atoms with Crippen molar-refractivity contribution in [3.05, 3.63) is 98.3 Å². The molecule has 0 saturated heterocycles. The maximum absolute atomic E-state index is 13.4. The van der Waals surface area contributed by atoms with Crippen molar-refractivity contribution in [2.24, 2.45) is 0 Å². The SMILES string of the molecule is COc1cc(C=C(C#N)c2cccc([N+](=O)[O-])c2)cc(Cl)c1OCc1cccc(F)c1. The van der Waals surface area contributed by atoms with E-state index in [1.54, 1.807) is 36.4 Å². The number of rotatable bonds is 7. The van der Waals surface area contributed by atoms with Crippen LogP contribution in [-0.2, 0) is 6.61 Å². The van der Waals surface area contributed by atoms with Crippen LogP contribution >= 0.6 is 11.6 Å². The first kappa shape index (κ1) is 21.8. The van der Waals surface area contributed by atoms with E-state index >= 15 is 0 Å². The number of non-ortho nitro benzene ring substituents is 1. The summed E-state index contributed by atoms with van der Waals surface area (Å²) < 4.78 is 24.5. The van der Waals surface area contributed by atoms with E-state index in [1.165, 1.54) is 37.4 Å². The summed E-state index contributed by atoms with van der Waals surface area (Å²) in [7, 11) is 1.44. The van der Waals surface area contributed by atoms with Crippen LogP contribution in [0.3, 0.4) is 0 Å². The maximum Gasteiger partial charge on any atom is 0.270 e. The summed E-state index contributed by atoms with van der Waals surface area (Å²) in [6.07, 6.45) is 1.55. The van der Waals surface area contributed by atoms with Crippen LogP contribution in [0.2, 0.25) is 5.02 Å². The molecular formula is C23H16ClFN2O4. The summed E-state index contributed by atoms with van der Waals surface area (Å²) >= 11 is 6.37. The van der Waals surface area contributed by atoms with Crippen LogP contribution in [0, 0.1) is 27.3 Å². The fraction of sp³-hybridized carbons (Fsp3) is 0.0870. The van der Waals surface area contributed by atoms with E-state index < -0.39 is 4.92 Å². The van der Waals surface area contributed by atoms with Gasteiger partial charge in [-0.05, 0) is 47.0 Å². The monoisotopic (exact) mass is 438 g/mol. The second kappa shape index (κ2) is 9.74. The van der Waals surface area contributed by atoms with Crippen LogP contribution in [0.15, 0.2) is 60.7 Å². The summed E-state index contributed by atoms with van der Waals surface area (Å²) in [6, 6.07) is 17.0. The molecular weight excluding hydrogens is 423 g/mol. The Morgan fingerprint density at radius 2 is 2.00 bits per heavy atom. The molecule has 0 bridgehead atoms. The Balaban J connectivity index is 1.91. The lowest BCUT2D eigenvalue weighted by atomic mass is 10.0. The summed E-state index contributed by atoms with van der Waals surface area (Å²) in [5, 5.41) is 20.8. The van der Waals surface area contributed by atoms with Crippen molar-refractivity contribution in [2.45, 2.75) is 6.61 Å². The predicted octanol–water partition coefficient (Wildman–Crippen LogP) is 6.04. The van der Waals surface area contributed by atoms with Gasteiger partial charge in [-0.2, -0.15) is 5.26 Å². The Morgan fingerprint density at radius 3 is 2.68 bits per heavy atom. The zero-order valence-corrected chi connectivity index (χ0v) is 17.1. The molecule has 8 heteroatoms. The molecule has 156 valence electrons. The summed E-state index contributed by atoms with van der Waals surface area (Å²) in [6.45, 7) is 0.0835. The third kappa shape index (κ3) is 5.38. The third-order valence-electron chi connectivity index (χ3n) is 4.32. The van der Waals surface area contributed by atoms with Gasteiger partial charge in [-0.15, -0.1) is 0 Å². The molecule has 0 spiro atoms. The first-order valence-electron chi connectivity index (χ1n) is 9.02. The van der Waals surface area contributed by atoms with Gasteiger partial charge >= 0.3 is 0 Å². The molecule has 0 N–H and O–H groups in total. The lowest BCUT2D eigenvalue weighted by Crippen LogP contribution is -1.99. The highest BCUT2D eigenvalue weighted by Gasteiger charge is 2.14. The van der Waals surface area contributed by atoms with Gasteiger partial charge in [-0.1, -0.05) is 35.9 Å². The number of nitriles is 1. The lowest BCUT2D eigenvalue weighted by molar-refractivity contribution is -0.384. The van der Waals surface area contributed by atoms with E-state index in [2.05, 4.69) is 0 Å². The Bertz CT molecular complexity index is 1200. The van der Waals surface area contributed by atoms with Crippen molar-refractivity contribution in [2.75, 3.05) is 7.11 Å². The molecule has 31 heavy (non-hydrogen) atoms. The molecule has 0 unspecified atom stereocenters. The minimum Gasteiger partial charge on any atom is -0.493 e. The molecule has 0 saturated carbocycles. The Morgan fingerprint density at radius 1 is 1.23 bits per heavy atom. The molecule has 0 atom stereocenters. The zero-order valence-electron chi connectivity index (χ0n) is 16.3. The van der Waals surface area contributed by atoms with Crippen molar-refractivity contribution in [3.8, 4) is 17.6 Å². The quantitative estimate of drug-likeness (QED) is 0.194. The number of halogens is 2. The van der Waals surface area contributed by atoms with E-state index in [1.807, 2.05) is 6.07 Å². The highest BCUT2D eigenvalue weighted by atomic mass is 35.5. The normalized spacial score (nSPS) is 11.0. The second-order valence-electron chi connectivity index (χ2n) is 6.43. The second-order valence-corrected chi connectivity index (χ2v) is 6.84. The number of methoxy groups -OCH3 is 1. The Kier molecular flexibility index (Phi) is 6.85. The molecule has 0 aliphatic rings. The molecule has 6 nitrogen and oxygen atoms in total. The van der Waals surface area contributed by atoms with Crippen LogP contribution < -0.4 is 9.47 Å². The Labute approximate surface area is 182 Å². The fourth-order valence-electron chi connectivity index (χ4n) is 2.88. The van der Waals surface area contributed by atoms with E-state index in [0.29, 0.717) is 22.4 Å². The topological polar surface area (TPSA) is 85.4 Å². The Hall–Kier alpha value is -3.89. The zero-order chi connectivity index (χ0) is 22.4. The van der Waals surface area contributed by atoms with E-state index in [9.17, 15) is 19.8 Å². The standard InChI is InChI=1S/C23H16ClFN2O4/c1-30-22-11-16(8-18(13-26)17-5-3-7-20(12-17)27(28)29)10-21(24)23(22)31-14-15-4-2-6-19(25)9-15/h2-12H,14H2,1H3. The molecule has 3 aromatic carbocycles. The van der Waals surface area contributed by atoms with Gasteiger partial charge in [0.1, 0.15) is 12.4 Å². The van der Waals surface area contributed by atoms with Gasteiger partial charge in [0, 0.05) is 12.1 Å². The minimum atomic E-state index is -0.525. The van der Waals surface area contributed by atoms with Gasteiger partial charge in [0.15, 0.2) is 11.5 Å². The molecule has 3 rings (SSSR count). The highest BCUT2D eigenvalue weighted by molar-refractivity contribution is 6.32. The molecule has 0 amide bonds. The molecule has 3 aromatic rings. The van der Waals surface area contributed by atoms with Crippen LogP contribution in [0.4, 0.5) is 10.1 Å². The number of hydrogen-bond donors (Lipinski definition) is 0. The van der Waals surface area contributed by atoms with Crippen LogP contribution in [0.5, 0.6) is 11.5 Å². The van der Waals surface area contributed by atoms with Gasteiger partial charge in [0.25, 0.3) is 5.69 Å². The van der Waals surface area contributed by atoms with E-state index in [0.717, 1.165) is 0 Å². The van der Waals surface area contributed by atoms with E-state index in [4.69, 9.17) is 21.1 Å². The molecule has 0 aliphatic heterocycles. The van der Waals surface area contributed by atoms with Crippen molar-refractivity contribution < 1.29 is 18.8 Å². The first-order valence-corrected chi connectivity index (χ1v) is 9.40. The van der Waals surface area contributed by atoms with Crippen molar-refractivity contribution >= 4 is 28.9 Å². The summed E-state index contributed by atoms with van der Waals surface area (Å²) in [4.78, 5) is 10.5. The van der Waals surface area contributed by atoms with Gasteiger partial charge in [-0.3, -0.25) is 10.1 Å². The largest absolute Gasteiger partial charge is 0.493 e. The number of nitro groups is 1. The first-order chi connectivity index (χ1) is 14.9. The molecule has 0 aromatic heterocycles. The van der Waals surface area contributed by atoms with E-state index in [-0.39, 0.29) is 34.5 Å². The molecule has 0 fully saturated rings. The van der Waals surface area contributed by atoms with Crippen LogP contribution in [0.25, 0.3) is 11.6 Å². The van der Waals surface area contributed by atoms with Crippen LogP contribution in [-0.4, -0.2) is 12.0 Å². The summed E-state index contributed by atoms with van der Waals surface area (Å²) in [5.41, 5.74) is 1.67. The smallest absolute Gasteiger partial charge is 0.270 e. The van der Waals surface area contributed by atoms with Gasteiger partial charge in [0.05, 0.1) is 28.7 Å². The predicted molar refractivity (Wildman–Crippen MR) is 115 cm³/mol. The number of nitrogens with zero attached hydrogens (tertiary/aromatic N) is 2. The van der Waals surface area contributed by atoms with Gasteiger partial charge in [-0.25, -0.2) is 4.39 Å². The highest BCUT2D eigenvalue weighted by Crippen LogP contribution is 2.38. The van der Waals surface area contributed by atoms with Crippen molar-refractivity contribution in [3.63, 3.8) is 0 Å². The average Bonchev–Trinajstić information content (AvgIpc) is 2.76. The average molecular weight is 439 g/mol. The number of benzene rings is 3. The number of nitro benzene ring substituents is 1. The number of ether oxygens (including phenoxy) is 2. The van der Waals surface area contributed by atoms with Crippen molar-refractivity contribution in [1.29, 1.82) is 5.26 Å². The molecule has 0 radical (unpaired) electrons. The van der Waals surface area contributed by atoms with Crippen LogP contribution in [0.1, 0.15) is 16.7 Å². The van der Waals surface area contributed by atoms with Crippen molar-refractivity contribution in [1.82, 2.24) is 0 Å². The number of hydrogen-bond acceptors (Lipinski definition) is 5. The molecule has 0 aliphatic carbocycles. The van der Waals surface area contributed by atoms with Gasteiger partial charge < -0.3 is 9.47 Å².